The van der Waals surface area contributed by atoms with Gasteiger partial charge in [0.2, 0.25) is 0 Å². The minimum Gasteiger partial charge on any atom is -0.497 e. The van der Waals surface area contributed by atoms with Crippen LogP contribution in [-0.2, 0) is 5.33 Å². The molecule has 0 spiro atoms. The highest BCUT2D eigenvalue weighted by molar-refractivity contribution is 9.08. The lowest BCUT2D eigenvalue weighted by molar-refractivity contribution is 0.415. The summed E-state index contributed by atoms with van der Waals surface area (Å²) in [5.74, 6) is 0.930. The number of hydrogen-bond acceptors (Lipinski definition) is 2. The molecule has 0 amide bonds. The molecular formula is C11H11BrOS. The summed E-state index contributed by atoms with van der Waals surface area (Å²) in [5.41, 5.74) is 1.40. The zero-order chi connectivity index (χ0) is 10.1. The van der Waals surface area contributed by atoms with E-state index in [0.717, 1.165) is 11.1 Å². The van der Waals surface area contributed by atoms with Crippen molar-refractivity contribution in [3.63, 3.8) is 0 Å². The number of thiophene rings is 1. The number of alkyl halides is 1. The zero-order valence-corrected chi connectivity index (χ0v) is 10.5. The number of aryl methyl sites for hydroxylation is 1. The van der Waals surface area contributed by atoms with Crippen LogP contribution < -0.4 is 4.74 Å². The Morgan fingerprint density at radius 3 is 2.86 bits per heavy atom. The Balaban J connectivity index is 2.68. The Kier molecular flexibility index (Phi) is 2.79. The Morgan fingerprint density at radius 1 is 1.43 bits per heavy atom. The number of benzene rings is 1. The van der Waals surface area contributed by atoms with Gasteiger partial charge in [0.1, 0.15) is 5.75 Å². The van der Waals surface area contributed by atoms with Crippen molar-refractivity contribution in [2.24, 2.45) is 0 Å². The third kappa shape index (κ3) is 1.55. The molecule has 1 aromatic heterocycles. The molecule has 2 aromatic rings. The fraction of sp³-hybridized carbons (Fsp3) is 0.273. The topological polar surface area (TPSA) is 9.23 Å². The van der Waals surface area contributed by atoms with Crippen molar-refractivity contribution < 1.29 is 4.74 Å². The summed E-state index contributed by atoms with van der Waals surface area (Å²) in [4.78, 5) is 1.38. The van der Waals surface area contributed by atoms with Crippen LogP contribution in [0.1, 0.15) is 10.4 Å². The van der Waals surface area contributed by atoms with E-state index in [9.17, 15) is 0 Å². The van der Waals surface area contributed by atoms with Crippen LogP contribution >= 0.6 is 27.3 Å². The Labute approximate surface area is 95.8 Å². The highest BCUT2D eigenvalue weighted by Crippen LogP contribution is 2.34. The molecule has 74 valence electrons. The normalized spacial score (nSPS) is 10.8. The van der Waals surface area contributed by atoms with E-state index in [2.05, 4.69) is 35.0 Å². The maximum Gasteiger partial charge on any atom is 0.120 e. The van der Waals surface area contributed by atoms with Crippen molar-refractivity contribution in [2.75, 3.05) is 7.11 Å². The van der Waals surface area contributed by atoms with Gasteiger partial charge in [0, 0.05) is 14.9 Å². The van der Waals surface area contributed by atoms with Crippen molar-refractivity contribution in [2.45, 2.75) is 12.3 Å². The van der Waals surface area contributed by atoms with E-state index in [1.165, 1.54) is 20.5 Å². The Hall–Kier alpha value is -0.540. The van der Waals surface area contributed by atoms with Crippen LogP contribution in [0.3, 0.4) is 0 Å². The largest absolute Gasteiger partial charge is 0.497 e. The molecule has 0 aliphatic rings. The van der Waals surface area contributed by atoms with Gasteiger partial charge in [0.25, 0.3) is 0 Å². The van der Waals surface area contributed by atoms with Crippen LogP contribution in [0.2, 0.25) is 0 Å². The average Bonchev–Trinajstić information content (AvgIpc) is 2.51. The summed E-state index contributed by atoms with van der Waals surface area (Å²) in [5, 5.41) is 2.26. The molecule has 1 nitrogen and oxygen atoms in total. The lowest BCUT2D eigenvalue weighted by atomic mass is 10.1. The van der Waals surface area contributed by atoms with Crippen molar-refractivity contribution in [3.05, 3.63) is 28.6 Å². The molecule has 0 saturated carbocycles. The first kappa shape index (κ1) is 9.99. The molecule has 0 bridgehead atoms. The van der Waals surface area contributed by atoms with Gasteiger partial charge < -0.3 is 4.74 Å². The lowest BCUT2D eigenvalue weighted by Crippen LogP contribution is -1.81. The molecule has 1 aromatic carbocycles. The monoisotopic (exact) mass is 270 g/mol. The second-order valence-electron chi connectivity index (χ2n) is 3.13. The van der Waals surface area contributed by atoms with Gasteiger partial charge in [0.05, 0.1) is 7.11 Å². The smallest absolute Gasteiger partial charge is 0.120 e. The fourth-order valence-corrected chi connectivity index (χ4v) is 3.57. The lowest BCUT2D eigenvalue weighted by Gasteiger charge is -1.99. The van der Waals surface area contributed by atoms with Gasteiger partial charge in [-0.25, -0.2) is 0 Å². The fourth-order valence-electron chi connectivity index (χ4n) is 1.55. The molecule has 2 rings (SSSR count). The molecule has 0 fully saturated rings. The van der Waals surface area contributed by atoms with Crippen molar-refractivity contribution in [1.29, 1.82) is 0 Å². The van der Waals surface area contributed by atoms with Crippen LogP contribution in [0.25, 0.3) is 10.1 Å². The zero-order valence-electron chi connectivity index (χ0n) is 8.13. The number of fused-ring (bicyclic) bond motifs is 1. The minimum absolute atomic E-state index is 0.922. The molecule has 0 unspecified atom stereocenters. The third-order valence-corrected chi connectivity index (χ3v) is 4.01. The first-order chi connectivity index (χ1) is 6.76. The molecule has 0 N–H and O–H groups in total. The van der Waals surface area contributed by atoms with Crippen molar-refractivity contribution in [1.82, 2.24) is 0 Å². The van der Waals surface area contributed by atoms with Crippen LogP contribution in [0.15, 0.2) is 18.2 Å². The van der Waals surface area contributed by atoms with E-state index in [-0.39, 0.29) is 0 Å². The van der Waals surface area contributed by atoms with Gasteiger partial charge >= 0.3 is 0 Å². The van der Waals surface area contributed by atoms with Crippen LogP contribution in [0, 0.1) is 6.92 Å². The maximum atomic E-state index is 5.20. The number of methoxy groups -OCH3 is 1. The summed E-state index contributed by atoms with van der Waals surface area (Å²) in [6.45, 7) is 2.16. The molecule has 3 heteroatoms. The maximum absolute atomic E-state index is 5.20. The van der Waals surface area contributed by atoms with E-state index >= 15 is 0 Å². The van der Waals surface area contributed by atoms with E-state index in [1.807, 2.05) is 17.4 Å². The van der Waals surface area contributed by atoms with Crippen molar-refractivity contribution in [3.8, 4) is 5.75 Å². The number of hydrogen-bond donors (Lipinski definition) is 0. The minimum atomic E-state index is 0.922. The number of rotatable bonds is 2. The van der Waals surface area contributed by atoms with Crippen LogP contribution in [0.5, 0.6) is 5.75 Å². The first-order valence-corrected chi connectivity index (χ1v) is 6.32. The standard InChI is InChI=1S/C11H11BrOS/c1-7-10(6-12)9-4-3-8(13-2)5-11(9)14-7/h3-5H,6H2,1-2H3. The Bertz CT molecular complexity index is 462. The molecule has 14 heavy (non-hydrogen) atoms. The van der Waals surface area contributed by atoms with E-state index in [1.54, 1.807) is 7.11 Å². The molecular weight excluding hydrogens is 260 g/mol. The molecule has 0 radical (unpaired) electrons. The van der Waals surface area contributed by atoms with Crippen LogP contribution in [0.4, 0.5) is 0 Å². The van der Waals surface area contributed by atoms with E-state index in [0.29, 0.717) is 0 Å². The van der Waals surface area contributed by atoms with Gasteiger partial charge in [-0.05, 0) is 36.1 Å². The summed E-state index contributed by atoms with van der Waals surface area (Å²) < 4.78 is 6.50. The van der Waals surface area contributed by atoms with Gasteiger partial charge in [-0.15, -0.1) is 11.3 Å². The van der Waals surface area contributed by atoms with Crippen molar-refractivity contribution >= 4 is 37.4 Å². The average molecular weight is 271 g/mol. The van der Waals surface area contributed by atoms with Gasteiger partial charge in [0.15, 0.2) is 0 Å². The molecule has 1 heterocycles. The molecule has 0 atom stereocenters. The van der Waals surface area contributed by atoms with Gasteiger partial charge in [-0.3, -0.25) is 0 Å². The molecule has 0 aliphatic heterocycles. The van der Waals surface area contributed by atoms with Gasteiger partial charge in [-0.2, -0.15) is 0 Å². The summed E-state index contributed by atoms with van der Waals surface area (Å²) in [6, 6.07) is 6.24. The first-order valence-electron chi connectivity index (χ1n) is 4.38. The second-order valence-corrected chi connectivity index (χ2v) is 4.95. The Morgan fingerprint density at radius 2 is 2.21 bits per heavy atom. The predicted molar refractivity (Wildman–Crippen MR) is 65.7 cm³/mol. The van der Waals surface area contributed by atoms with E-state index < -0.39 is 0 Å². The highest BCUT2D eigenvalue weighted by Gasteiger charge is 2.07. The molecule has 0 saturated heterocycles. The number of ether oxygens (including phenoxy) is 1. The highest BCUT2D eigenvalue weighted by atomic mass is 79.9. The summed E-state index contributed by atoms with van der Waals surface area (Å²) in [6.07, 6.45) is 0. The third-order valence-electron chi connectivity index (χ3n) is 2.34. The molecule has 0 aliphatic carbocycles. The van der Waals surface area contributed by atoms with Gasteiger partial charge in [-0.1, -0.05) is 15.9 Å². The van der Waals surface area contributed by atoms with Crippen LogP contribution in [-0.4, -0.2) is 7.11 Å². The predicted octanol–water partition coefficient (Wildman–Crippen LogP) is 4.11. The quantitative estimate of drug-likeness (QED) is 0.747. The SMILES string of the molecule is COc1ccc2c(CBr)c(C)sc2c1. The number of halogens is 1. The summed E-state index contributed by atoms with van der Waals surface area (Å²) >= 11 is 5.34. The summed E-state index contributed by atoms with van der Waals surface area (Å²) in [7, 11) is 1.70. The van der Waals surface area contributed by atoms with E-state index in [4.69, 9.17) is 4.74 Å². The second kappa shape index (κ2) is 3.91.